The molecule has 0 atom stereocenters. The summed E-state index contributed by atoms with van der Waals surface area (Å²) in [6.07, 6.45) is 9.69. The third kappa shape index (κ3) is 4.34. The molecule has 5 fully saturated rings. The fourth-order valence-corrected chi connectivity index (χ4v) is 8.97. The molecule has 4 aliphatic carbocycles. The zero-order valence-electron chi connectivity index (χ0n) is 22.2. The van der Waals surface area contributed by atoms with Crippen LogP contribution in [0.15, 0.2) is 42.5 Å². The van der Waals surface area contributed by atoms with Gasteiger partial charge < -0.3 is 14.7 Å². The summed E-state index contributed by atoms with van der Waals surface area (Å²) in [5.41, 5.74) is 4.72. The topological polar surface area (TPSA) is 69.9 Å². The lowest BCUT2D eigenvalue weighted by Crippen LogP contribution is -2.52. The van der Waals surface area contributed by atoms with E-state index in [1.165, 1.54) is 49.7 Å². The van der Waals surface area contributed by atoms with Crippen LogP contribution >= 0.6 is 0 Å². The van der Waals surface area contributed by atoms with Crippen molar-refractivity contribution in [2.75, 3.05) is 42.5 Å². The molecular formula is C31H38N4O3. The van der Waals surface area contributed by atoms with Gasteiger partial charge in [0.1, 0.15) is 5.69 Å². The summed E-state index contributed by atoms with van der Waals surface area (Å²) in [5, 5.41) is 11.9. The van der Waals surface area contributed by atoms with Crippen LogP contribution in [0.3, 0.4) is 0 Å². The number of carbonyl (C=O) groups excluding carboxylic acids is 1. The van der Waals surface area contributed by atoms with Gasteiger partial charge in [-0.05, 0) is 91.4 Å². The maximum absolute atomic E-state index is 13.4. The lowest BCUT2D eigenvalue weighted by molar-refractivity contribution is -0.384. The summed E-state index contributed by atoms with van der Waals surface area (Å²) in [5.74, 6) is 2.96. The van der Waals surface area contributed by atoms with Crippen molar-refractivity contribution in [3.8, 4) is 0 Å². The third-order valence-electron chi connectivity index (χ3n) is 10.3. The molecule has 2 aliphatic heterocycles. The van der Waals surface area contributed by atoms with Crippen LogP contribution in [0.25, 0.3) is 0 Å². The fourth-order valence-electron chi connectivity index (χ4n) is 8.97. The quantitative estimate of drug-likeness (QED) is 0.394. The van der Waals surface area contributed by atoms with Crippen molar-refractivity contribution in [2.45, 2.75) is 57.9 Å². The first-order chi connectivity index (χ1) is 18.4. The highest BCUT2D eigenvalue weighted by Gasteiger charge is 2.51. The molecule has 8 rings (SSSR count). The molecule has 1 saturated heterocycles. The molecule has 38 heavy (non-hydrogen) atoms. The van der Waals surface area contributed by atoms with E-state index in [4.69, 9.17) is 0 Å². The Morgan fingerprint density at radius 1 is 0.868 bits per heavy atom. The van der Waals surface area contributed by atoms with Gasteiger partial charge in [0.25, 0.3) is 5.69 Å². The lowest BCUT2D eigenvalue weighted by atomic mass is 9.49. The first-order valence-corrected chi connectivity index (χ1v) is 14.6. The van der Waals surface area contributed by atoms with E-state index in [2.05, 4.69) is 32.9 Å². The van der Waals surface area contributed by atoms with E-state index in [1.54, 1.807) is 6.07 Å². The van der Waals surface area contributed by atoms with Crippen molar-refractivity contribution in [1.82, 2.24) is 4.90 Å². The second-order valence-corrected chi connectivity index (χ2v) is 12.8. The summed E-state index contributed by atoms with van der Waals surface area (Å²) in [6, 6.07) is 13.9. The smallest absolute Gasteiger partial charge is 0.292 e. The van der Waals surface area contributed by atoms with E-state index >= 15 is 0 Å². The van der Waals surface area contributed by atoms with E-state index in [9.17, 15) is 14.9 Å². The molecular weight excluding hydrogens is 476 g/mol. The highest BCUT2D eigenvalue weighted by molar-refractivity contribution is 5.77. The van der Waals surface area contributed by atoms with Crippen LogP contribution in [0.4, 0.5) is 17.1 Å². The number of hydrogen-bond donors (Lipinski definition) is 0. The van der Waals surface area contributed by atoms with Crippen LogP contribution in [0.5, 0.6) is 0 Å². The molecule has 6 aliphatic rings. The SMILES string of the molecule is O=C(CC12CC3CC(CC(C3)C1)C2)N1CCN(c2ccc([N+](=O)[O-])c(N3CCc4ccccc4C3)c2)CC1. The van der Waals surface area contributed by atoms with Gasteiger partial charge in [-0.25, -0.2) is 0 Å². The Labute approximate surface area is 224 Å². The van der Waals surface area contributed by atoms with Gasteiger partial charge in [0.05, 0.1) is 4.92 Å². The number of amides is 1. The molecule has 7 nitrogen and oxygen atoms in total. The van der Waals surface area contributed by atoms with Crippen molar-refractivity contribution in [3.63, 3.8) is 0 Å². The van der Waals surface area contributed by atoms with Crippen molar-refractivity contribution in [2.24, 2.45) is 23.2 Å². The van der Waals surface area contributed by atoms with Gasteiger partial charge >= 0.3 is 0 Å². The first-order valence-electron chi connectivity index (χ1n) is 14.6. The predicted molar refractivity (Wildman–Crippen MR) is 148 cm³/mol. The van der Waals surface area contributed by atoms with Crippen LogP contribution in [0.1, 0.15) is 56.1 Å². The Morgan fingerprint density at radius 3 is 2.18 bits per heavy atom. The van der Waals surface area contributed by atoms with Gasteiger partial charge in [-0.2, -0.15) is 0 Å². The summed E-state index contributed by atoms with van der Waals surface area (Å²) < 4.78 is 0. The first kappa shape index (κ1) is 24.0. The molecule has 2 aromatic carbocycles. The van der Waals surface area contributed by atoms with Crippen LogP contribution in [-0.2, 0) is 17.8 Å². The van der Waals surface area contributed by atoms with Crippen molar-refractivity contribution in [3.05, 3.63) is 63.7 Å². The highest BCUT2D eigenvalue weighted by Crippen LogP contribution is 2.61. The average Bonchev–Trinajstić information content (AvgIpc) is 2.91. The van der Waals surface area contributed by atoms with Gasteiger partial charge in [-0.15, -0.1) is 0 Å². The van der Waals surface area contributed by atoms with Crippen molar-refractivity contribution >= 4 is 23.0 Å². The third-order valence-corrected chi connectivity index (χ3v) is 10.3. The van der Waals surface area contributed by atoms with E-state index < -0.39 is 0 Å². The number of benzene rings is 2. The zero-order valence-corrected chi connectivity index (χ0v) is 22.2. The maximum atomic E-state index is 13.4. The summed E-state index contributed by atoms with van der Waals surface area (Å²) in [4.78, 5) is 31.6. The Balaban J connectivity index is 1.03. The molecule has 0 N–H and O–H groups in total. The van der Waals surface area contributed by atoms with Gasteiger partial charge in [0.2, 0.25) is 5.91 Å². The normalized spacial score (nSPS) is 29.9. The minimum Gasteiger partial charge on any atom is -0.368 e. The fraction of sp³-hybridized carbons (Fsp3) is 0.581. The Kier molecular flexibility index (Phi) is 5.86. The molecule has 4 bridgehead atoms. The molecule has 200 valence electrons. The highest BCUT2D eigenvalue weighted by atomic mass is 16.6. The number of rotatable bonds is 5. The summed E-state index contributed by atoms with van der Waals surface area (Å²) in [6.45, 7) is 4.46. The molecule has 2 heterocycles. The molecule has 4 saturated carbocycles. The van der Waals surface area contributed by atoms with E-state index in [1.807, 2.05) is 18.2 Å². The number of nitrogens with zero attached hydrogens (tertiary/aromatic N) is 4. The second kappa shape index (κ2) is 9.28. The van der Waals surface area contributed by atoms with E-state index in [-0.39, 0.29) is 16.0 Å². The van der Waals surface area contributed by atoms with Crippen molar-refractivity contribution < 1.29 is 9.72 Å². The van der Waals surface area contributed by atoms with Crippen molar-refractivity contribution in [1.29, 1.82) is 0 Å². The maximum Gasteiger partial charge on any atom is 0.292 e. The van der Waals surface area contributed by atoms with Crippen LogP contribution in [0.2, 0.25) is 0 Å². The Bertz CT molecular complexity index is 1220. The second-order valence-electron chi connectivity index (χ2n) is 12.8. The molecule has 0 unspecified atom stereocenters. The number of nitro groups is 1. The standard InChI is InChI=1S/C31H38N4O3/c36-30(20-31-17-22-13-23(18-31)15-24(14-22)19-31)33-11-9-32(10-12-33)27-5-6-28(35(37)38)29(16-27)34-8-7-25-3-1-2-4-26(25)21-34/h1-6,16,22-24H,7-15,17-21H2. The van der Waals surface area contributed by atoms with Gasteiger partial charge in [0, 0.05) is 57.4 Å². The number of anilines is 2. The van der Waals surface area contributed by atoms with Gasteiger partial charge in [-0.3, -0.25) is 14.9 Å². The van der Waals surface area contributed by atoms with Crippen LogP contribution < -0.4 is 9.80 Å². The Morgan fingerprint density at radius 2 is 1.53 bits per heavy atom. The van der Waals surface area contributed by atoms with Gasteiger partial charge in [0.15, 0.2) is 0 Å². The average molecular weight is 515 g/mol. The van der Waals surface area contributed by atoms with Crippen LogP contribution in [-0.4, -0.2) is 48.5 Å². The largest absolute Gasteiger partial charge is 0.368 e. The minimum atomic E-state index is -0.263. The number of carbonyl (C=O) groups is 1. The van der Waals surface area contributed by atoms with E-state index in [0.29, 0.717) is 18.1 Å². The minimum absolute atomic E-state index is 0.164. The number of fused-ring (bicyclic) bond motifs is 1. The molecule has 7 heteroatoms. The molecule has 0 radical (unpaired) electrons. The predicted octanol–water partition coefficient (Wildman–Crippen LogP) is 5.41. The number of nitro benzene ring substituents is 1. The zero-order chi connectivity index (χ0) is 25.9. The Hall–Kier alpha value is -3.09. The van der Waals surface area contributed by atoms with Crippen LogP contribution in [0, 0.1) is 33.3 Å². The molecule has 0 aromatic heterocycles. The monoisotopic (exact) mass is 514 g/mol. The number of piperazine rings is 1. The van der Waals surface area contributed by atoms with Gasteiger partial charge in [-0.1, -0.05) is 24.3 Å². The molecule has 0 spiro atoms. The number of hydrogen-bond acceptors (Lipinski definition) is 5. The molecule has 2 aromatic rings. The summed E-state index contributed by atoms with van der Waals surface area (Å²) in [7, 11) is 0. The van der Waals surface area contributed by atoms with E-state index in [0.717, 1.165) is 69.0 Å². The summed E-state index contributed by atoms with van der Waals surface area (Å²) >= 11 is 0. The lowest BCUT2D eigenvalue weighted by Gasteiger charge is -2.57. The molecule has 1 amide bonds.